The van der Waals surface area contributed by atoms with Crippen LogP contribution in [0.3, 0.4) is 0 Å². The van der Waals surface area contributed by atoms with Gasteiger partial charge >= 0.3 is 17.9 Å². The third-order valence-corrected chi connectivity index (χ3v) is 7.59. The first kappa shape index (κ1) is 27.8. The number of hydrogen-bond acceptors (Lipinski definition) is 8. The maximum Gasteiger partial charge on any atom is 0.303 e. The average molecular weight is 479 g/mol. The Hall–Kier alpha value is -2.48. The molecule has 2 rings (SSSR count). The molecular weight excluding hydrogens is 440 g/mol. The molecule has 0 bridgehead atoms. The van der Waals surface area contributed by atoms with Gasteiger partial charge in [0.15, 0.2) is 0 Å². The first-order chi connectivity index (χ1) is 15.6. The zero-order valence-electron chi connectivity index (χ0n) is 21.4. The van der Waals surface area contributed by atoms with E-state index in [1.165, 1.54) is 26.8 Å². The number of rotatable bonds is 8. The van der Waals surface area contributed by atoms with Gasteiger partial charge in [-0.15, -0.1) is 6.58 Å². The molecule has 0 fully saturated rings. The van der Waals surface area contributed by atoms with Gasteiger partial charge in [0.25, 0.3) is 0 Å². The quantitative estimate of drug-likeness (QED) is 0.320. The maximum atomic E-state index is 13.2. The van der Waals surface area contributed by atoms with Crippen molar-refractivity contribution >= 4 is 23.7 Å². The van der Waals surface area contributed by atoms with Gasteiger partial charge in [0, 0.05) is 39.0 Å². The fraction of sp³-hybridized carbons (Fsp3) is 0.692. The van der Waals surface area contributed by atoms with Crippen molar-refractivity contribution in [2.24, 2.45) is 16.7 Å². The maximum absolute atomic E-state index is 13.2. The summed E-state index contributed by atoms with van der Waals surface area (Å²) in [6.07, 6.45) is 1.06. The van der Waals surface area contributed by atoms with Gasteiger partial charge < -0.3 is 19.3 Å². The van der Waals surface area contributed by atoms with Crippen LogP contribution in [0.2, 0.25) is 0 Å². The minimum Gasteiger partial charge on any atom is -0.464 e. The molecule has 0 heterocycles. The zero-order valence-corrected chi connectivity index (χ0v) is 21.4. The van der Waals surface area contributed by atoms with Crippen molar-refractivity contribution in [2.45, 2.75) is 92.0 Å². The minimum absolute atomic E-state index is 0.0978. The predicted octanol–water partition coefficient (Wildman–Crippen LogP) is 3.45. The highest BCUT2D eigenvalue weighted by atomic mass is 16.6. The van der Waals surface area contributed by atoms with Crippen LogP contribution in [0.1, 0.15) is 74.1 Å². The van der Waals surface area contributed by atoms with Crippen LogP contribution in [0.25, 0.3) is 0 Å². The molecule has 0 spiro atoms. The topological polar surface area (TPSA) is 116 Å². The Balaban J connectivity index is 2.78. The summed E-state index contributed by atoms with van der Waals surface area (Å²) < 4.78 is 16.8. The molecule has 2 aliphatic carbocycles. The summed E-state index contributed by atoms with van der Waals surface area (Å²) in [6, 6.07) is 0. The van der Waals surface area contributed by atoms with Gasteiger partial charge in [0.05, 0.1) is 11.0 Å². The van der Waals surface area contributed by atoms with E-state index < -0.39 is 46.5 Å². The van der Waals surface area contributed by atoms with Crippen molar-refractivity contribution in [2.75, 3.05) is 6.61 Å². The molecule has 0 saturated heterocycles. The molecule has 0 unspecified atom stereocenters. The molecule has 0 aromatic carbocycles. The highest BCUT2D eigenvalue weighted by Crippen LogP contribution is 2.57. The lowest BCUT2D eigenvalue weighted by atomic mass is 9.53. The number of Topliss-reactive ketones (excluding diaryl/α,β-unsaturated/α-hetero) is 1. The van der Waals surface area contributed by atoms with Crippen molar-refractivity contribution in [3.63, 3.8) is 0 Å². The third kappa shape index (κ3) is 5.43. The van der Waals surface area contributed by atoms with Crippen LogP contribution in [0.5, 0.6) is 0 Å². The molecule has 6 atom stereocenters. The van der Waals surface area contributed by atoms with Gasteiger partial charge in [-0.2, -0.15) is 0 Å². The summed E-state index contributed by atoms with van der Waals surface area (Å²) in [5.74, 6) is -1.73. The van der Waals surface area contributed by atoms with Crippen LogP contribution in [-0.4, -0.2) is 53.2 Å². The van der Waals surface area contributed by atoms with E-state index in [1.807, 2.05) is 13.8 Å². The highest BCUT2D eigenvalue weighted by Gasteiger charge is 2.57. The number of carbonyl (C=O) groups excluding carboxylic acids is 4. The molecule has 2 aliphatic rings. The van der Waals surface area contributed by atoms with E-state index in [2.05, 4.69) is 6.58 Å². The lowest BCUT2D eigenvalue weighted by molar-refractivity contribution is -0.162. The number of ether oxygens (including phenoxy) is 3. The number of aliphatic hydroxyl groups is 1. The van der Waals surface area contributed by atoms with E-state index in [-0.39, 0.29) is 31.1 Å². The summed E-state index contributed by atoms with van der Waals surface area (Å²) >= 11 is 0. The van der Waals surface area contributed by atoms with Crippen LogP contribution in [-0.2, 0) is 33.4 Å². The van der Waals surface area contributed by atoms with E-state index in [9.17, 15) is 24.3 Å². The van der Waals surface area contributed by atoms with E-state index in [4.69, 9.17) is 14.2 Å². The van der Waals surface area contributed by atoms with Crippen molar-refractivity contribution in [3.8, 4) is 0 Å². The van der Waals surface area contributed by atoms with Crippen molar-refractivity contribution in [3.05, 3.63) is 23.8 Å². The number of ketones is 1. The first-order valence-electron chi connectivity index (χ1n) is 11.7. The Morgan fingerprint density at radius 3 is 2.29 bits per heavy atom. The highest BCUT2D eigenvalue weighted by molar-refractivity contribution is 5.90. The molecule has 8 heteroatoms. The molecule has 0 saturated carbocycles. The van der Waals surface area contributed by atoms with E-state index >= 15 is 0 Å². The van der Waals surface area contributed by atoms with Crippen LogP contribution >= 0.6 is 0 Å². The largest absolute Gasteiger partial charge is 0.464 e. The Labute approximate surface area is 201 Å². The van der Waals surface area contributed by atoms with Crippen molar-refractivity contribution in [1.82, 2.24) is 0 Å². The third-order valence-electron chi connectivity index (χ3n) is 7.59. The Bertz CT molecular complexity index is 900. The lowest BCUT2D eigenvalue weighted by Gasteiger charge is -2.54. The molecule has 34 heavy (non-hydrogen) atoms. The Morgan fingerprint density at radius 2 is 1.79 bits per heavy atom. The lowest BCUT2D eigenvalue weighted by Crippen LogP contribution is -2.55. The average Bonchev–Trinajstić information content (AvgIpc) is 2.71. The predicted molar refractivity (Wildman–Crippen MR) is 124 cm³/mol. The summed E-state index contributed by atoms with van der Waals surface area (Å²) in [5, 5.41) is 10.8. The summed E-state index contributed by atoms with van der Waals surface area (Å²) in [5.41, 5.74) is -1.82. The molecule has 1 N–H and O–H groups in total. The second-order valence-electron chi connectivity index (χ2n) is 10.3. The molecule has 0 aromatic heterocycles. The normalized spacial score (nSPS) is 31.6. The van der Waals surface area contributed by atoms with Gasteiger partial charge in [-0.3, -0.25) is 19.2 Å². The molecule has 8 nitrogen and oxygen atoms in total. The van der Waals surface area contributed by atoms with E-state index in [1.54, 1.807) is 13.8 Å². The molecular formula is C26H38O8. The molecule has 0 radical (unpaired) electrons. The summed E-state index contributed by atoms with van der Waals surface area (Å²) in [7, 11) is 0. The molecule has 0 aliphatic heterocycles. The number of carbonyl (C=O) groups is 4. The van der Waals surface area contributed by atoms with E-state index in [0.717, 1.165) is 5.57 Å². The summed E-state index contributed by atoms with van der Waals surface area (Å²) in [4.78, 5) is 49.0. The molecule has 0 amide bonds. The second kappa shape index (κ2) is 10.0. The van der Waals surface area contributed by atoms with Crippen molar-refractivity contribution < 1.29 is 38.5 Å². The smallest absolute Gasteiger partial charge is 0.303 e. The summed E-state index contributed by atoms with van der Waals surface area (Å²) in [6.45, 7) is 14.7. The van der Waals surface area contributed by atoms with Gasteiger partial charge in [-0.25, -0.2) is 0 Å². The zero-order chi connectivity index (χ0) is 26.1. The van der Waals surface area contributed by atoms with E-state index in [0.29, 0.717) is 18.4 Å². The Kier molecular flexibility index (Phi) is 8.18. The SMILES string of the molecule is C=C[C@@](C)(O)C[C@@H](OC(C)=O)[C@]1(C)C2=C([C@H](OC(C)=O)C[C@@H]1C)[C@@](C)(COC(C)=O)C(=O)CC2. The monoisotopic (exact) mass is 478 g/mol. The minimum atomic E-state index is -1.30. The van der Waals surface area contributed by atoms with Gasteiger partial charge in [0.1, 0.15) is 24.6 Å². The number of hydrogen-bond donors (Lipinski definition) is 1. The first-order valence-corrected chi connectivity index (χ1v) is 11.7. The van der Waals surface area contributed by atoms with Crippen LogP contribution in [0, 0.1) is 16.7 Å². The number of esters is 3. The molecule has 190 valence electrons. The van der Waals surface area contributed by atoms with Crippen LogP contribution in [0.15, 0.2) is 23.8 Å². The molecule has 0 aromatic rings. The standard InChI is InChI=1S/C26H38O8/c1-9-24(6,31)13-22(34-18(5)29)26(8)15(2)12-20(33-17(4)28)23-19(26)10-11-21(30)25(23,7)14-32-16(3)27/h9,15,20,22,31H,1,10-14H2,2-8H3/t15-,20+,22+,24+,25-,26-/m0/s1. The van der Waals surface area contributed by atoms with Crippen LogP contribution in [0.4, 0.5) is 0 Å². The fourth-order valence-corrected chi connectivity index (χ4v) is 5.48. The second-order valence-corrected chi connectivity index (χ2v) is 10.3. The van der Waals surface area contributed by atoms with Gasteiger partial charge in [-0.1, -0.05) is 25.5 Å². The van der Waals surface area contributed by atoms with Crippen molar-refractivity contribution in [1.29, 1.82) is 0 Å². The van der Waals surface area contributed by atoms with Gasteiger partial charge in [0.2, 0.25) is 0 Å². The van der Waals surface area contributed by atoms with Gasteiger partial charge in [-0.05, 0) is 38.2 Å². The van der Waals surface area contributed by atoms with Crippen LogP contribution < -0.4 is 0 Å². The Morgan fingerprint density at radius 1 is 1.18 bits per heavy atom. The fourth-order valence-electron chi connectivity index (χ4n) is 5.48.